The van der Waals surface area contributed by atoms with Crippen molar-refractivity contribution < 1.29 is 17.9 Å². The van der Waals surface area contributed by atoms with Gasteiger partial charge in [0.2, 0.25) is 15.9 Å². The van der Waals surface area contributed by atoms with E-state index >= 15 is 0 Å². The maximum absolute atomic E-state index is 12.6. The van der Waals surface area contributed by atoms with E-state index in [0.29, 0.717) is 12.3 Å². The first-order chi connectivity index (χ1) is 13.1. The maximum atomic E-state index is 12.6. The SMILES string of the molecule is Cc1cccc(OCCNC(=O)[C@H](C)N(c2cc(C)cc(C)c2)S(C)(=O)=O)c1. The van der Waals surface area contributed by atoms with Gasteiger partial charge in [-0.05, 0) is 68.7 Å². The number of sulfonamides is 1. The van der Waals surface area contributed by atoms with Gasteiger partial charge in [0.1, 0.15) is 18.4 Å². The van der Waals surface area contributed by atoms with Crippen molar-refractivity contribution in [2.45, 2.75) is 33.7 Å². The maximum Gasteiger partial charge on any atom is 0.243 e. The Morgan fingerprint density at radius 3 is 2.29 bits per heavy atom. The van der Waals surface area contributed by atoms with Crippen LogP contribution in [0.15, 0.2) is 42.5 Å². The predicted molar refractivity (Wildman–Crippen MR) is 112 cm³/mol. The normalized spacial score (nSPS) is 12.3. The average molecular weight is 405 g/mol. The van der Waals surface area contributed by atoms with E-state index in [9.17, 15) is 13.2 Å². The molecule has 0 fully saturated rings. The number of anilines is 1. The minimum absolute atomic E-state index is 0.279. The molecular weight excluding hydrogens is 376 g/mol. The molecule has 0 bridgehead atoms. The summed E-state index contributed by atoms with van der Waals surface area (Å²) in [5.74, 6) is 0.354. The number of hydrogen-bond donors (Lipinski definition) is 1. The topological polar surface area (TPSA) is 75.7 Å². The van der Waals surface area contributed by atoms with Crippen LogP contribution in [0.25, 0.3) is 0 Å². The molecule has 1 amide bonds. The molecule has 0 aliphatic carbocycles. The van der Waals surface area contributed by atoms with Gasteiger partial charge in [0.15, 0.2) is 0 Å². The minimum atomic E-state index is -3.63. The van der Waals surface area contributed by atoms with Crippen molar-refractivity contribution in [3.63, 3.8) is 0 Å². The van der Waals surface area contributed by atoms with Crippen molar-refractivity contribution in [3.8, 4) is 5.75 Å². The summed E-state index contributed by atoms with van der Waals surface area (Å²) < 4.78 is 31.5. The third kappa shape index (κ3) is 5.99. The van der Waals surface area contributed by atoms with Gasteiger partial charge in [0.05, 0.1) is 18.5 Å². The Labute approximate surface area is 167 Å². The van der Waals surface area contributed by atoms with E-state index in [1.54, 1.807) is 19.1 Å². The number of rotatable bonds is 8. The highest BCUT2D eigenvalue weighted by Gasteiger charge is 2.29. The van der Waals surface area contributed by atoms with Crippen LogP contribution < -0.4 is 14.4 Å². The van der Waals surface area contributed by atoms with Gasteiger partial charge in [-0.2, -0.15) is 0 Å². The molecule has 7 heteroatoms. The summed E-state index contributed by atoms with van der Waals surface area (Å²) in [7, 11) is -3.63. The highest BCUT2D eigenvalue weighted by molar-refractivity contribution is 7.92. The molecule has 2 aromatic rings. The number of carbonyl (C=O) groups excluding carboxylic acids is 1. The Morgan fingerprint density at radius 1 is 1.07 bits per heavy atom. The summed E-state index contributed by atoms with van der Waals surface area (Å²) in [5, 5.41) is 2.75. The molecule has 0 radical (unpaired) electrons. The molecule has 0 heterocycles. The van der Waals surface area contributed by atoms with Crippen molar-refractivity contribution in [2.75, 3.05) is 23.7 Å². The van der Waals surface area contributed by atoms with Crippen molar-refractivity contribution in [2.24, 2.45) is 0 Å². The molecule has 0 unspecified atom stereocenters. The van der Waals surface area contributed by atoms with Gasteiger partial charge in [-0.15, -0.1) is 0 Å². The number of ether oxygens (including phenoxy) is 1. The van der Waals surface area contributed by atoms with Crippen molar-refractivity contribution in [1.29, 1.82) is 0 Å². The summed E-state index contributed by atoms with van der Waals surface area (Å²) >= 11 is 0. The zero-order chi connectivity index (χ0) is 20.9. The first-order valence-electron chi connectivity index (χ1n) is 9.13. The van der Waals surface area contributed by atoms with Crippen LogP contribution in [0.4, 0.5) is 5.69 Å². The van der Waals surface area contributed by atoms with Crippen molar-refractivity contribution in [1.82, 2.24) is 5.32 Å². The number of benzene rings is 2. The Morgan fingerprint density at radius 2 is 1.71 bits per heavy atom. The van der Waals surface area contributed by atoms with Crippen LogP contribution in [0.2, 0.25) is 0 Å². The summed E-state index contributed by atoms with van der Waals surface area (Å²) in [6, 6.07) is 12.2. The fourth-order valence-electron chi connectivity index (χ4n) is 3.08. The third-order valence-corrected chi connectivity index (χ3v) is 5.45. The molecule has 2 rings (SSSR count). The smallest absolute Gasteiger partial charge is 0.243 e. The summed E-state index contributed by atoms with van der Waals surface area (Å²) in [6.45, 7) is 7.92. The van der Waals surface area contributed by atoms with E-state index in [4.69, 9.17) is 4.74 Å². The fraction of sp³-hybridized carbons (Fsp3) is 0.381. The van der Waals surface area contributed by atoms with Crippen LogP contribution in [-0.4, -0.2) is 39.8 Å². The van der Waals surface area contributed by atoms with E-state index in [1.807, 2.05) is 51.1 Å². The van der Waals surface area contributed by atoms with Gasteiger partial charge < -0.3 is 10.1 Å². The van der Waals surface area contributed by atoms with Crippen LogP contribution >= 0.6 is 0 Å². The first kappa shape index (κ1) is 21.8. The Kier molecular flexibility index (Phi) is 7.07. The quantitative estimate of drug-likeness (QED) is 0.687. The standard InChI is InChI=1S/C21H28N2O4S/c1-15-7-6-8-20(14-15)27-10-9-22-21(24)18(4)23(28(5,25)26)19-12-16(2)11-17(3)13-19/h6-8,11-14,18H,9-10H2,1-5H3,(H,22,24)/t18-/m0/s1. The number of amides is 1. The largest absolute Gasteiger partial charge is 0.492 e. The zero-order valence-corrected chi connectivity index (χ0v) is 17.8. The summed E-state index contributed by atoms with van der Waals surface area (Å²) in [4.78, 5) is 12.6. The predicted octanol–water partition coefficient (Wildman–Crippen LogP) is 2.96. The molecular formula is C21H28N2O4S. The Balaban J connectivity index is 2.03. The number of nitrogens with one attached hydrogen (secondary N) is 1. The second kappa shape index (κ2) is 9.10. The monoisotopic (exact) mass is 404 g/mol. The van der Waals surface area contributed by atoms with Gasteiger partial charge in [-0.25, -0.2) is 8.42 Å². The van der Waals surface area contributed by atoms with Gasteiger partial charge >= 0.3 is 0 Å². The second-order valence-electron chi connectivity index (χ2n) is 7.04. The lowest BCUT2D eigenvalue weighted by atomic mass is 10.1. The van der Waals surface area contributed by atoms with Crippen LogP contribution in [-0.2, 0) is 14.8 Å². The molecule has 1 atom stereocenters. The van der Waals surface area contributed by atoms with Crippen LogP contribution in [0.3, 0.4) is 0 Å². The zero-order valence-electron chi connectivity index (χ0n) is 17.0. The average Bonchev–Trinajstić information content (AvgIpc) is 2.56. The second-order valence-corrected chi connectivity index (χ2v) is 8.90. The lowest BCUT2D eigenvalue weighted by Gasteiger charge is -2.28. The molecule has 0 aliphatic rings. The highest BCUT2D eigenvalue weighted by Crippen LogP contribution is 2.23. The minimum Gasteiger partial charge on any atom is -0.492 e. The van der Waals surface area contributed by atoms with Gasteiger partial charge in [0.25, 0.3) is 0 Å². The molecule has 0 spiro atoms. The first-order valence-corrected chi connectivity index (χ1v) is 11.0. The van der Waals surface area contributed by atoms with Gasteiger partial charge in [-0.1, -0.05) is 18.2 Å². The van der Waals surface area contributed by atoms with Crippen LogP contribution in [0, 0.1) is 20.8 Å². The van der Waals surface area contributed by atoms with E-state index in [1.165, 1.54) is 0 Å². The van der Waals surface area contributed by atoms with E-state index < -0.39 is 16.1 Å². The molecule has 0 aromatic heterocycles. The lowest BCUT2D eigenvalue weighted by molar-refractivity contribution is -0.121. The highest BCUT2D eigenvalue weighted by atomic mass is 32.2. The number of nitrogens with zero attached hydrogens (tertiary/aromatic N) is 1. The van der Waals surface area contributed by atoms with Gasteiger partial charge in [-0.3, -0.25) is 9.10 Å². The molecule has 0 aliphatic heterocycles. The third-order valence-electron chi connectivity index (χ3n) is 4.21. The summed E-state index contributed by atoms with van der Waals surface area (Å²) in [6.07, 6.45) is 1.11. The van der Waals surface area contributed by atoms with Crippen LogP contribution in [0.1, 0.15) is 23.6 Å². The van der Waals surface area contributed by atoms with Crippen molar-refractivity contribution in [3.05, 3.63) is 59.2 Å². The van der Waals surface area contributed by atoms with E-state index in [-0.39, 0.29) is 12.5 Å². The number of hydrogen-bond acceptors (Lipinski definition) is 4. The molecule has 2 aromatic carbocycles. The molecule has 6 nitrogen and oxygen atoms in total. The molecule has 0 saturated heterocycles. The fourth-order valence-corrected chi connectivity index (χ4v) is 4.24. The number of carbonyl (C=O) groups is 1. The Bertz CT molecular complexity index is 921. The Hall–Kier alpha value is -2.54. The van der Waals surface area contributed by atoms with E-state index in [2.05, 4.69) is 5.32 Å². The van der Waals surface area contributed by atoms with Gasteiger partial charge in [0, 0.05) is 0 Å². The molecule has 1 N–H and O–H groups in total. The lowest BCUT2D eigenvalue weighted by Crippen LogP contribution is -2.48. The molecule has 152 valence electrons. The van der Waals surface area contributed by atoms with Crippen LogP contribution in [0.5, 0.6) is 5.75 Å². The van der Waals surface area contributed by atoms with Crippen molar-refractivity contribution >= 4 is 21.6 Å². The summed E-state index contributed by atoms with van der Waals surface area (Å²) in [5.41, 5.74) is 3.44. The molecule has 0 saturated carbocycles. The number of aryl methyl sites for hydroxylation is 3. The van der Waals surface area contributed by atoms with E-state index in [0.717, 1.165) is 33.0 Å². The molecule has 28 heavy (non-hydrogen) atoms.